The van der Waals surface area contributed by atoms with E-state index in [1.165, 1.54) is 0 Å². The van der Waals surface area contributed by atoms with Crippen molar-refractivity contribution in [3.63, 3.8) is 0 Å². The minimum absolute atomic E-state index is 0.256. The first-order chi connectivity index (χ1) is 12.0. The van der Waals surface area contributed by atoms with Crippen LogP contribution in [0, 0.1) is 0 Å². The monoisotopic (exact) mass is 374 g/mol. The summed E-state index contributed by atoms with van der Waals surface area (Å²) in [6.07, 6.45) is 1.72. The predicted molar refractivity (Wildman–Crippen MR) is 101 cm³/mol. The summed E-state index contributed by atoms with van der Waals surface area (Å²) in [4.78, 5) is 15.8. The van der Waals surface area contributed by atoms with Crippen molar-refractivity contribution in [3.8, 4) is 11.5 Å². The third-order valence-electron chi connectivity index (χ3n) is 3.43. The molecule has 2 aromatic rings. The van der Waals surface area contributed by atoms with Crippen LogP contribution in [0.4, 0.5) is 0 Å². The molecule has 128 valence electrons. The zero-order valence-electron chi connectivity index (χ0n) is 13.4. The van der Waals surface area contributed by atoms with Crippen molar-refractivity contribution in [2.75, 3.05) is 7.11 Å². The van der Waals surface area contributed by atoms with E-state index >= 15 is 0 Å². The van der Waals surface area contributed by atoms with Gasteiger partial charge in [0.05, 0.1) is 12.0 Å². The number of aliphatic imine (C=N–C) groups is 1. The molecular formula is C18H15ClN2O3S. The number of thioether (sulfide) groups is 1. The van der Waals surface area contributed by atoms with Crippen LogP contribution in [0.3, 0.4) is 0 Å². The smallest absolute Gasteiger partial charge is 0.286 e. The van der Waals surface area contributed by atoms with Crippen molar-refractivity contribution < 1.29 is 14.3 Å². The first-order valence-electron chi connectivity index (χ1n) is 7.38. The van der Waals surface area contributed by atoms with E-state index in [0.29, 0.717) is 28.0 Å². The molecule has 0 saturated heterocycles. The van der Waals surface area contributed by atoms with Crippen LogP contribution in [0.2, 0.25) is 5.02 Å². The molecule has 2 N–H and O–H groups in total. The van der Waals surface area contributed by atoms with E-state index in [9.17, 15) is 4.79 Å². The van der Waals surface area contributed by atoms with Gasteiger partial charge in [0.15, 0.2) is 16.7 Å². The molecule has 0 radical (unpaired) electrons. The fraction of sp³-hybridized carbons (Fsp3) is 0.111. The van der Waals surface area contributed by atoms with Gasteiger partial charge in [-0.25, -0.2) is 0 Å². The van der Waals surface area contributed by atoms with Crippen LogP contribution in [0.5, 0.6) is 11.5 Å². The molecule has 0 spiro atoms. The Kier molecular flexibility index (Phi) is 5.31. The summed E-state index contributed by atoms with van der Waals surface area (Å²) in [5, 5.41) is 0.939. The lowest BCUT2D eigenvalue weighted by molar-refractivity contribution is -0.113. The molecular weight excluding hydrogens is 360 g/mol. The number of ether oxygens (including phenoxy) is 2. The Bertz CT molecular complexity index is 863. The Hall–Kier alpha value is -2.44. The molecule has 7 heteroatoms. The summed E-state index contributed by atoms with van der Waals surface area (Å²) >= 11 is 7.03. The normalized spacial score (nSPS) is 15.4. The molecule has 0 unspecified atom stereocenters. The van der Waals surface area contributed by atoms with Crippen molar-refractivity contribution in [3.05, 3.63) is 63.5 Å². The molecule has 0 bridgehead atoms. The first kappa shape index (κ1) is 17.4. The molecule has 0 aromatic heterocycles. The number of carbonyl (C=O) groups is 1. The highest BCUT2D eigenvalue weighted by Crippen LogP contribution is 2.32. The summed E-state index contributed by atoms with van der Waals surface area (Å²) in [6, 6.07) is 12.9. The van der Waals surface area contributed by atoms with Crippen LogP contribution in [0.25, 0.3) is 6.08 Å². The summed E-state index contributed by atoms with van der Waals surface area (Å²) in [5.74, 6) is 0.859. The van der Waals surface area contributed by atoms with Crippen LogP contribution in [-0.4, -0.2) is 18.2 Å². The third kappa shape index (κ3) is 4.35. The Morgan fingerprint density at radius 1 is 1.20 bits per heavy atom. The minimum Gasteiger partial charge on any atom is -0.493 e. The van der Waals surface area contributed by atoms with Crippen LogP contribution in [0.15, 0.2) is 52.4 Å². The third-order valence-corrected chi connectivity index (χ3v) is 4.49. The van der Waals surface area contributed by atoms with Gasteiger partial charge in [-0.15, -0.1) is 0 Å². The van der Waals surface area contributed by atoms with Gasteiger partial charge in [-0.2, -0.15) is 4.99 Å². The molecule has 0 aliphatic carbocycles. The van der Waals surface area contributed by atoms with Gasteiger partial charge in [-0.3, -0.25) is 4.79 Å². The zero-order valence-corrected chi connectivity index (χ0v) is 14.9. The number of rotatable bonds is 5. The highest BCUT2D eigenvalue weighted by molar-refractivity contribution is 8.18. The number of halogens is 1. The zero-order chi connectivity index (χ0) is 17.8. The van der Waals surface area contributed by atoms with Crippen molar-refractivity contribution in [2.45, 2.75) is 6.61 Å². The van der Waals surface area contributed by atoms with Crippen molar-refractivity contribution in [1.29, 1.82) is 0 Å². The number of amides is 1. The van der Waals surface area contributed by atoms with Crippen LogP contribution in [0.1, 0.15) is 11.1 Å². The minimum atomic E-state index is -0.329. The van der Waals surface area contributed by atoms with Gasteiger partial charge in [0, 0.05) is 5.02 Å². The van der Waals surface area contributed by atoms with E-state index in [1.807, 2.05) is 30.3 Å². The topological polar surface area (TPSA) is 73.9 Å². The van der Waals surface area contributed by atoms with E-state index in [0.717, 1.165) is 22.9 Å². The number of methoxy groups -OCH3 is 1. The number of nitrogens with zero attached hydrogens (tertiary/aromatic N) is 1. The molecule has 2 aromatic carbocycles. The number of hydrogen-bond acceptors (Lipinski definition) is 5. The van der Waals surface area contributed by atoms with E-state index in [-0.39, 0.29) is 11.1 Å². The van der Waals surface area contributed by atoms with Gasteiger partial charge >= 0.3 is 0 Å². The Morgan fingerprint density at radius 3 is 2.60 bits per heavy atom. The van der Waals surface area contributed by atoms with E-state index in [4.69, 9.17) is 26.8 Å². The molecule has 0 saturated carbocycles. The average Bonchev–Trinajstić information content (AvgIpc) is 2.92. The quantitative estimate of drug-likeness (QED) is 0.804. The second-order valence-corrected chi connectivity index (χ2v) is 6.69. The molecule has 3 rings (SSSR count). The summed E-state index contributed by atoms with van der Waals surface area (Å²) in [5.41, 5.74) is 7.35. The summed E-state index contributed by atoms with van der Waals surface area (Å²) in [7, 11) is 1.57. The summed E-state index contributed by atoms with van der Waals surface area (Å²) in [6.45, 7) is 0.396. The van der Waals surface area contributed by atoms with Crippen molar-refractivity contribution in [1.82, 2.24) is 0 Å². The molecule has 1 aliphatic heterocycles. The highest BCUT2D eigenvalue weighted by Gasteiger charge is 2.19. The predicted octanol–water partition coefficient (Wildman–Crippen LogP) is 3.86. The molecule has 1 amide bonds. The Labute approximate surface area is 154 Å². The highest BCUT2D eigenvalue weighted by atomic mass is 35.5. The van der Waals surface area contributed by atoms with Crippen LogP contribution >= 0.6 is 23.4 Å². The maximum atomic E-state index is 11.7. The molecule has 1 heterocycles. The second-order valence-electron chi connectivity index (χ2n) is 5.19. The SMILES string of the molecule is COc1cc(C=C2SC(N)=NC2=O)ccc1OCc1ccc(Cl)cc1. The van der Waals surface area contributed by atoms with E-state index < -0.39 is 0 Å². The lowest BCUT2D eigenvalue weighted by Crippen LogP contribution is -2.01. The summed E-state index contributed by atoms with van der Waals surface area (Å²) < 4.78 is 11.2. The molecule has 0 fully saturated rings. The number of amidine groups is 1. The lowest BCUT2D eigenvalue weighted by atomic mass is 10.2. The van der Waals surface area contributed by atoms with Gasteiger partial charge in [0.1, 0.15) is 6.61 Å². The van der Waals surface area contributed by atoms with Gasteiger partial charge in [0.2, 0.25) is 0 Å². The van der Waals surface area contributed by atoms with Gasteiger partial charge in [-0.1, -0.05) is 29.8 Å². The van der Waals surface area contributed by atoms with Crippen molar-refractivity contribution in [2.24, 2.45) is 10.7 Å². The lowest BCUT2D eigenvalue weighted by Gasteiger charge is -2.11. The standard InChI is InChI=1S/C18H15ClN2O3S/c1-23-15-8-12(9-16-17(22)21-18(20)25-16)4-7-14(15)24-10-11-2-5-13(19)6-3-11/h2-9H,10H2,1H3,(H2,20,21,22). The average molecular weight is 375 g/mol. The van der Waals surface area contributed by atoms with Crippen LogP contribution < -0.4 is 15.2 Å². The van der Waals surface area contributed by atoms with E-state index in [2.05, 4.69) is 4.99 Å². The molecule has 5 nitrogen and oxygen atoms in total. The molecule has 25 heavy (non-hydrogen) atoms. The Morgan fingerprint density at radius 2 is 1.96 bits per heavy atom. The van der Waals surface area contributed by atoms with Gasteiger partial charge in [-0.05, 0) is 53.2 Å². The number of carbonyl (C=O) groups excluding carboxylic acids is 1. The fourth-order valence-electron chi connectivity index (χ4n) is 2.21. The first-order valence-corrected chi connectivity index (χ1v) is 8.58. The Balaban J connectivity index is 1.74. The molecule has 0 atom stereocenters. The largest absolute Gasteiger partial charge is 0.493 e. The molecule has 1 aliphatic rings. The van der Waals surface area contributed by atoms with Gasteiger partial charge < -0.3 is 15.2 Å². The maximum absolute atomic E-state index is 11.7. The fourth-order valence-corrected chi connectivity index (χ4v) is 3.02. The van der Waals surface area contributed by atoms with Gasteiger partial charge in [0.25, 0.3) is 5.91 Å². The van der Waals surface area contributed by atoms with Crippen LogP contribution in [-0.2, 0) is 11.4 Å². The number of hydrogen-bond donors (Lipinski definition) is 1. The van der Waals surface area contributed by atoms with E-state index in [1.54, 1.807) is 25.3 Å². The maximum Gasteiger partial charge on any atom is 0.286 e. The number of nitrogens with two attached hydrogens (primary N) is 1. The number of benzene rings is 2. The second kappa shape index (κ2) is 7.63. The van der Waals surface area contributed by atoms with Crippen molar-refractivity contribution >= 4 is 40.5 Å².